The fraction of sp³-hybridized carbons (Fsp3) is 1.00. The van der Waals surface area contributed by atoms with Gasteiger partial charge >= 0.3 is 0 Å². The Kier molecular flexibility index (Phi) is 8.59. The van der Waals surface area contributed by atoms with Crippen molar-refractivity contribution in [3.8, 4) is 0 Å². The van der Waals surface area contributed by atoms with Gasteiger partial charge in [0, 0.05) is 38.8 Å². The third-order valence-electron chi connectivity index (χ3n) is 3.59. The van der Waals surface area contributed by atoms with Crippen molar-refractivity contribution in [2.75, 3.05) is 32.9 Å². The van der Waals surface area contributed by atoms with Gasteiger partial charge in [0.15, 0.2) is 6.29 Å². The molecular formula is C14H29NO3. The van der Waals surface area contributed by atoms with Gasteiger partial charge in [-0.25, -0.2) is 0 Å². The summed E-state index contributed by atoms with van der Waals surface area (Å²) in [4.78, 5) is 2.40. The maximum Gasteiger partial charge on any atom is 0.158 e. The first kappa shape index (κ1) is 15.9. The lowest BCUT2D eigenvalue weighted by atomic mass is 10.2. The second-order valence-electron chi connectivity index (χ2n) is 4.83. The molecule has 1 rings (SSSR count). The molecule has 0 atom stereocenters. The fourth-order valence-corrected chi connectivity index (χ4v) is 2.73. The maximum atomic E-state index is 9.16. The van der Waals surface area contributed by atoms with E-state index < -0.39 is 0 Å². The number of aliphatic hydroxyl groups excluding tert-OH is 1. The summed E-state index contributed by atoms with van der Waals surface area (Å²) in [5.41, 5.74) is 0. The van der Waals surface area contributed by atoms with Gasteiger partial charge in [0.1, 0.15) is 0 Å². The van der Waals surface area contributed by atoms with E-state index in [9.17, 15) is 0 Å². The highest BCUT2D eigenvalue weighted by Gasteiger charge is 2.22. The molecule has 4 nitrogen and oxygen atoms in total. The molecule has 0 radical (unpaired) electrons. The molecule has 1 aliphatic rings. The Morgan fingerprint density at radius 3 is 2.22 bits per heavy atom. The van der Waals surface area contributed by atoms with E-state index in [2.05, 4.69) is 4.90 Å². The first-order valence-electron chi connectivity index (χ1n) is 7.39. The molecule has 18 heavy (non-hydrogen) atoms. The molecule has 0 aliphatic heterocycles. The summed E-state index contributed by atoms with van der Waals surface area (Å²) in [6.07, 6.45) is 5.99. The Balaban J connectivity index is 2.34. The zero-order valence-corrected chi connectivity index (χ0v) is 11.9. The van der Waals surface area contributed by atoms with E-state index in [1.165, 1.54) is 25.7 Å². The lowest BCUT2D eigenvalue weighted by molar-refractivity contribution is -0.142. The summed E-state index contributed by atoms with van der Waals surface area (Å²) in [6.45, 7) is 7.33. The zero-order chi connectivity index (χ0) is 13.2. The Labute approximate surface area is 111 Å². The van der Waals surface area contributed by atoms with Gasteiger partial charge < -0.3 is 14.6 Å². The maximum absolute atomic E-state index is 9.16. The van der Waals surface area contributed by atoms with Crippen LogP contribution in [0.4, 0.5) is 0 Å². The Bertz CT molecular complexity index is 189. The van der Waals surface area contributed by atoms with E-state index >= 15 is 0 Å². The Hall–Kier alpha value is -0.160. The minimum absolute atomic E-state index is 0.0948. The largest absolute Gasteiger partial charge is 0.395 e. The lowest BCUT2D eigenvalue weighted by Gasteiger charge is -2.29. The van der Waals surface area contributed by atoms with Crippen LogP contribution in [0.1, 0.15) is 46.0 Å². The van der Waals surface area contributed by atoms with Gasteiger partial charge in [0.05, 0.1) is 6.61 Å². The Morgan fingerprint density at radius 1 is 1.11 bits per heavy atom. The quantitative estimate of drug-likeness (QED) is 0.609. The highest BCUT2D eigenvalue weighted by atomic mass is 16.7. The number of nitrogens with zero attached hydrogens (tertiary/aromatic N) is 1. The van der Waals surface area contributed by atoms with Gasteiger partial charge in [-0.3, -0.25) is 4.90 Å². The number of ether oxygens (including phenoxy) is 2. The van der Waals surface area contributed by atoms with Crippen LogP contribution in [0, 0.1) is 0 Å². The van der Waals surface area contributed by atoms with Crippen molar-refractivity contribution in [3.05, 3.63) is 0 Å². The molecule has 4 heteroatoms. The molecule has 0 aromatic rings. The second kappa shape index (κ2) is 9.73. The van der Waals surface area contributed by atoms with Crippen LogP contribution in [0.25, 0.3) is 0 Å². The normalized spacial score (nSPS) is 17.2. The summed E-state index contributed by atoms with van der Waals surface area (Å²) in [5, 5.41) is 9.16. The molecule has 108 valence electrons. The van der Waals surface area contributed by atoms with Crippen molar-refractivity contribution in [1.82, 2.24) is 4.90 Å². The summed E-state index contributed by atoms with van der Waals surface area (Å²) in [7, 11) is 0. The summed E-state index contributed by atoms with van der Waals surface area (Å²) >= 11 is 0. The van der Waals surface area contributed by atoms with Gasteiger partial charge in [-0.15, -0.1) is 0 Å². The number of hydrogen-bond donors (Lipinski definition) is 1. The molecule has 0 aromatic carbocycles. The molecule has 0 aromatic heterocycles. The van der Waals surface area contributed by atoms with Crippen LogP contribution < -0.4 is 0 Å². The van der Waals surface area contributed by atoms with Crippen molar-refractivity contribution in [2.24, 2.45) is 0 Å². The summed E-state index contributed by atoms with van der Waals surface area (Å²) in [5.74, 6) is 0. The zero-order valence-electron chi connectivity index (χ0n) is 11.9. The number of aliphatic hydroxyl groups is 1. The Morgan fingerprint density at radius 2 is 1.72 bits per heavy atom. The predicted octanol–water partition coefficient (Wildman–Crippen LogP) is 2.01. The van der Waals surface area contributed by atoms with Crippen LogP contribution in [-0.2, 0) is 9.47 Å². The molecule has 1 N–H and O–H groups in total. The monoisotopic (exact) mass is 259 g/mol. The van der Waals surface area contributed by atoms with E-state index in [-0.39, 0.29) is 12.9 Å². The van der Waals surface area contributed by atoms with Crippen molar-refractivity contribution in [1.29, 1.82) is 0 Å². The van der Waals surface area contributed by atoms with Gasteiger partial charge in [-0.05, 0) is 26.7 Å². The van der Waals surface area contributed by atoms with Crippen molar-refractivity contribution < 1.29 is 14.6 Å². The first-order chi connectivity index (χ1) is 8.81. The van der Waals surface area contributed by atoms with Crippen LogP contribution in [0.15, 0.2) is 0 Å². The average molecular weight is 259 g/mol. The van der Waals surface area contributed by atoms with Gasteiger partial charge in [-0.2, -0.15) is 0 Å². The minimum Gasteiger partial charge on any atom is -0.395 e. The van der Waals surface area contributed by atoms with Crippen molar-refractivity contribution in [2.45, 2.75) is 58.3 Å². The van der Waals surface area contributed by atoms with Gasteiger partial charge in [-0.1, -0.05) is 12.8 Å². The molecule has 0 bridgehead atoms. The lowest BCUT2D eigenvalue weighted by Crippen LogP contribution is -2.38. The SMILES string of the molecule is CCOC(CCN(CCO)C1CCCC1)OCC. The molecule has 0 unspecified atom stereocenters. The van der Waals surface area contributed by atoms with Crippen LogP contribution in [0.2, 0.25) is 0 Å². The molecule has 1 saturated carbocycles. The average Bonchev–Trinajstić information content (AvgIpc) is 2.88. The second-order valence-corrected chi connectivity index (χ2v) is 4.83. The van der Waals surface area contributed by atoms with Crippen molar-refractivity contribution >= 4 is 0 Å². The third kappa shape index (κ3) is 5.65. The van der Waals surface area contributed by atoms with Gasteiger partial charge in [0.25, 0.3) is 0 Å². The van der Waals surface area contributed by atoms with Crippen LogP contribution in [-0.4, -0.2) is 55.2 Å². The van der Waals surface area contributed by atoms with Crippen molar-refractivity contribution in [3.63, 3.8) is 0 Å². The molecule has 0 saturated heterocycles. The van der Waals surface area contributed by atoms with Crippen LogP contribution in [0.3, 0.4) is 0 Å². The molecule has 1 aliphatic carbocycles. The smallest absolute Gasteiger partial charge is 0.158 e. The van der Waals surface area contributed by atoms with E-state index in [0.717, 1.165) is 19.5 Å². The molecular weight excluding hydrogens is 230 g/mol. The van der Waals surface area contributed by atoms with E-state index in [0.29, 0.717) is 19.3 Å². The molecule has 1 fully saturated rings. The minimum atomic E-state index is -0.0948. The fourth-order valence-electron chi connectivity index (χ4n) is 2.73. The first-order valence-corrected chi connectivity index (χ1v) is 7.39. The molecule has 0 spiro atoms. The van der Waals surface area contributed by atoms with Crippen LogP contribution in [0.5, 0.6) is 0 Å². The third-order valence-corrected chi connectivity index (χ3v) is 3.59. The predicted molar refractivity (Wildman–Crippen MR) is 72.6 cm³/mol. The number of hydrogen-bond acceptors (Lipinski definition) is 4. The summed E-state index contributed by atoms with van der Waals surface area (Å²) < 4.78 is 11.1. The topological polar surface area (TPSA) is 41.9 Å². The highest BCUT2D eigenvalue weighted by molar-refractivity contribution is 4.77. The standard InChI is InChI=1S/C14H29NO3/c1-3-17-14(18-4-2)9-10-15(11-12-16)13-7-5-6-8-13/h13-14,16H,3-12H2,1-2H3. The number of rotatable bonds is 10. The van der Waals surface area contributed by atoms with Crippen LogP contribution >= 0.6 is 0 Å². The van der Waals surface area contributed by atoms with E-state index in [1.807, 2.05) is 13.8 Å². The molecule has 0 amide bonds. The van der Waals surface area contributed by atoms with Gasteiger partial charge in [0.2, 0.25) is 0 Å². The molecule has 0 heterocycles. The van der Waals surface area contributed by atoms with E-state index in [4.69, 9.17) is 14.6 Å². The van der Waals surface area contributed by atoms with E-state index in [1.54, 1.807) is 0 Å². The summed E-state index contributed by atoms with van der Waals surface area (Å²) in [6, 6.07) is 0.654. The highest BCUT2D eigenvalue weighted by Crippen LogP contribution is 2.23.